The van der Waals surface area contributed by atoms with Gasteiger partial charge in [0.25, 0.3) is 0 Å². The molecule has 0 bridgehead atoms. The Labute approximate surface area is 172 Å². The minimum atomic E-state index is -4.70. The molecule has 27 heavy (non-hydrogen) atoms. The Morgan fingerprint density at radius 3 is 2.26 bits per heavy atom. The highest BCUT2D eigenvalue weighted by molar-refractivity contribution is 6.30. The molecular formula is C17H19Cl3F3N3O. The average Bonchev–Trinajstić information content (AvgIpc) is 2.58. The van der Waals surface area contributed by atoms with Crippen LogP contribution in [-0.4, -0.2) is 42.4 Å². The molecular weight excluding hydrogens is 426 g/mol. The number of halogens is 6. The molecule has 0 amide bonds. The number of aromatic nitrogens is 1. The number of hydrogen-bond donors (Lipinski definition) is 1. The smallest absolute Gasteiger partial charge is 0.406 e. The first kappa shape index (κ1) is 23.8. The van der Waals surface area contributed by atoms with Gasteiger partial charge >= 0.3 is 6.36 Å². The van der Waals surface area contributed by atoms with Crippen molar-refractivity contribution in [1.82, 2.24) is 15.2 Å². The van der Waals surface area contributed by atoms with E-state index in [9.17, 15) is 13.2 Å². The standard InChI is InChI=1S/C17H17ClF3N3O.2ClH/c18-16-14(2-1-7-23-16)15(24-10-8-22-9-11-24)12-3-5-13(6-4-12)25-17(19,20)21;;/h1-7,15,22H,8-11H2;2*1H/t15-;;/m1../s1. The summed E-state index contributed by atoms with van der Waals surface area (Å²) >= 11 is 6.28. The molecule has 1 aliphatic rings. The lowest BCUT2D eigenvalue weighted by Crippen LogP contribution is -2.45. The van der Waals surface area contributed by atoms with Crippen molar-refractivity contribution in [2.24, 2.45) is 0 Å². The van der Waals surface area contributed by atoms with Crippen LogP contribution >= 0.6 is 36.4 Å². The molecule has 2 aromatic rings. The van der Waals surface area contributed by atoms with Crippen molar-refractivity contribution in [3.8, 4) is 5.75 Å². The quantitative estimate of drug-likeness (QED) is 0.706. The van der Waals surface area contributed by atoms with Crippen molar-refractivity contribution in [3.63, 3.8) is 0 Å². The van der Waals surface area contributed by atoms with E-state index < -0.39 is 6.36 Å². The minimum absolute atomic E-state index is 0. The zero-order valence-corrected chi connectivity index (χ0v) is 16.5. The van der Waals surface area contributed by atoms with Crippen LogP contribution in [0, 0.1) is 0 Å². The number of pyridine rings is 1. The van der Waals surface area contributed by atoms with Crippen molar-refractivity contribution in [2.45, 2.75) is 12.4 Å². The predicted molar refractivity (Wildman–Crippen MR) is 103 cm³/mol. The Bertz CT molecular complexity index is 711. The van der Waals surface area contributed by atoms with Crippen LogP contribution in [0.1, 0.15) is 17.2 Å². The van der Waals surface area contributed by atoms with Gasteiger partial charge in [0.15, 0.2) is 0 Å². The summed E-state index contributed by atoms with van der Waals surface area (Å²) in [5.74, 6) is -0.243. The molecule has 1 saturated heterocycles. The Morgan fingerprint density at radius 1 is 1.07 bits per heavy atom. The summed E-state index contributed by atoms with van der Waals surface area (Å²) < 4.78 is 41.0. The van der Waals surface area contributed by atoms with Crippen LogP contribution in [0.25, 0.3) is 0 Å². The van der Waals surface area contributed by atoms with Crippen LogP contribution in [-0.2, 0) is 0 Å². The maximum absolute atomic E-state index is 12.3. The average molecular weight is 445 g/mol. The molecule has 1 fully saturated rings. The maximum atomic E-state index is 12.3. The summed E-state index contributed by atoms with van der Waals surface area (Å²) in [6.07, 6.45) is -3.09. The highest BCUT2D eigenvalue weighted by atomic mass is 35.5. The van der Waals surface area contributed by atoms with Crippen molar-refractivity contribution in [1.29, 1.82) is 0 Å². The van der Waals surface area contributed by atoms with Crippen molar-refractivity contribution < 1.29 is 17.9 Å². The molecule has 3 rings (SSSR count). The van der Waals surface area contributed by atoms with Crippen LogP contribution in [0.3, 0.4) is 0 Å². The zero-order chi connectivity index (χ0) is 17.9. The third-order valence-corrected chi connectivity index (χ3v) is 4.34. The van der Waals surface area contributed by atoms with Crippen LogP contribution in [0.15, 0.2) is 42.6 Å². The first-order chi connectivity index (χ1) is 11.9. The van der Waals surface area contributed by atoms with Crippen molar-refractivity contribution in [3.05, 3.63) is 58.9 Å². The third-order valence-electron chi connectivity index (χ3n) is 4.03. The highest BCUT2D eigenvalue weighted by Gasteiger charge is 2.31. The second kappa shape index (κ2) is 10.3. The fraction of sp³-hybridized carbons (Fsp3) is 0.353. The monoisotopic (exact) mass is 443 g/mol. The Balaban J connectivity index is 0.00000182. The highest BCUT2D eigenvalue weighted by Crippen LogP contribution is 2.34. The molecule has 0 radical (unpaired) electrons. The predicted octanol–water partition coefficient (Wildman–Crippen LogP) is 4.47. The van der Waals surface area contributed by atoms with Gasteiger partial charge in [-0.05, 0) is 23.8 Å². The summed E-state index contributed by atoms with van der Waals surface area (Å²) in [5.41, 5.74) is 1.67. The van der Waals surface area contributed by atoms with Gasteiger partial charge in [-0.15, -0.1) is 38.0 Å². The van der Waals surface area contributed by atoms with E-state index in [2.05, 4.69) is 19.9 Å². The van der Waals surface area contributed by atoms with E-state index >= 15 is 0 Å². The number of benzene rings is 1. The summed E-state index contributed by atoms with van der Waals surface area (Å²) in [4.78, 5) is 6.37. The Kier molecular flexibility index (Phi) is 9.11. The van der Waals surface area contributed by atoms with E-state index in [1.807, 2.05) is 6.07 Å². The molecule has 1 atom stereocenters. The number of ether oxygens (including phenoxy) is 1. The molecule has 1 N–H and O–H groups in total. The van der Waals surface area contributed by atoms with E-state index in [-0.39, 0.29) is 36.6 Å². The van der Waals surface area contributed by atoms with Gasteiger partial charge in [0.1, 0.15) is 10.9 Å². The zero-order valence-electron chi connectivity index (χ0n) is 14.1. The molecule has 1 aliphatic heterocycles. The SMILES string of the molecule is Cl.Cl.FC(F)(F)Oc1ccc([C@H](c2cccnc2Cl)N2CCNCC2)cc1. The molecule has 10 heteroatoms. The first-order valence-electron chi connectivity index (χ1n) is 7.85. The largest absolute Gasteiger partial charge is 0.573 e. The lowest BCUT2D eigenvalue weighted by atomic mass is 9.97. The molecule has 150 valence electrons. The minimum Gasteiger partial charge on any atom is -0.406 e. The number of nitrogens with one attached hydrogen (secondary N) is 1. The number of piperazine rings is 1. The second-order valence-electron chi connectivity index (χ2n) is 5.69. The first-order valence-corrected chi connectivity index (χ1v) is 8.23. The number of alkyl halides is 3. The lowest BCUT2D eigenvalue weighted by Gasteiger charge is -2.35. The van der Waals surface area contributed by atoms with Crippen molar-refractivity contribution in [2.75, 3.05) is 26.2 Å². The lowest BCUT2D eigenvalue weighted by molar-refractivity contribution is -0.274. The summed E-state index contributed by atoms with van der Waals surface area (Å²) in [6, 6.07) is 9.43. The van der Waals surface area contributed by atoms with Gasteiger partial charge in [0.05, 0.1) is 6.04 Å². The van der Waals surface area contributed by atoms with E-state index in [0.29, 0.717) is 5.15 Å². The number of nitrogens with zero attached hydrogens (tertiary/aromatic N) is 2. The van der Waals surface area contributed by atoms with E-state index in [0.717, 1.165) is 37.3 Å². The third kappa shape index (κ3) is 6.40. The van der Waals surface area contributed by atoms with Gasteiger partial charge in [0.2, 0.25) is 0 Å². The molecule has 0 saturated carbocycles. The molecule has 1 aromatic heterocycles. The molecule has 0 aliphatic carbocycles. The molecule has 4 nitrogen and oxygen atoms in total. The second-order valence-corrected chi connectivity index (χ2v) is 6.05. The summed E-state index contributed by atoms with van der Waals surface area (Å²) in [6.45, 7) is 3.28. The van der Waals surface area contributed by atoms with Gasteiger partial charge in [-0.25, -0.2) is 4.98 Å². The van der Waals surface area contributed by atoms with Gasteiger partial charge in [-0.2, -0.15) is 0 Å². The summed E-state index contributed by atoms with van der Waals surface area (Å²) in [7, 11) is 0. The fourth-order valence-electron chi connectivity index (χ4n) is 2.98. The van der Waals surface area contributed by atoms with Crippen LogP contribution in [0.5, 0.6) is 5.75 Å². The fourth-order valence-corrected chi connectivity index (χ4v) is 3.20. The molecule has 0 spiro atoms. The van der Waals surface area contributed by atoms with Gasteiger partial charge in [0, 0.05) is 37.9 Å². The Morgan fingerprint density at radius 2 is 1.70 bits per heavy atom. The molecule has 2 heterocycles. The van der Waals surface area contributed by atoms with Crippen LogP contribution in [0.4, 0.5) is 13.2 Å². The van der Waals surface area contributed by atoms with E-state index in [1.54, 1.807) is 24.4 Å². The maximum Gasteiger partial charge on any atom is 0.573 e. The normalized spacial score (nSPS) is 16.0. The van der Waals surface area contributed by atoms with Crippen molar-refractivity contribution >= 4 is 36.4 Å². The molecule has 1 aromatic carbocycles. The van der Waals surface area contributed by atoms with Gasteiger partial charge in [-0.3, -0.25) is 4.90 Å². The number of rotatable bonds is 4. The van der Waals surface area contributed by atoms with Gasteiger partial charge in [-0.1, -0.05) is 29.8 Å². The van der Waals surface area contributed by atoms with Gasteiger partial charge < -0.3 is 10.1 Å². The summed E-state index contributed by atoms with van der Waals surface area (Å²) in [5, 5.41) is 3.68. The number of hydrogen-bond acceptors (Lipinski definition) is 4. The van der Waals surface area contributed by atoms with Crippen LogP contribution in [0.2, 0.25) is 5.15 Å². The van der Waals surface area contributed by atoms with E-state index in [1.165, 1.54) is 12.1 Å². The van der Waals surface area contributed by atoms with E-state index in [4.69, 9.17) is 11.6 Å². The Hall–Kier alpha value is -1.25. The molecule has 0 unspecified atom stereocenters. The van der Waals surface area contributed by atoms with Crippen LogP contribution < -0.4 is 10.1 Å². The topological polar surface area (TPSA) is 37.4 Å².